The third-order valence-electron chi connectivity index (χ3n) is 6.87. The summed E-state index contributed by atoms with van der Waals surface area (Å²) >= 11 is 0. The molecule has 0 fully saturated rings. The van der Waals surface area contributed by atoms with Crippen LogP contribution in [0.25, 0.3) is 6.08 Å². The van der Waals surface area contributed by atoms with Gasteiger partial charge in [0.05, 0.1) is 8.07 Å². The molecule has 0 amide bonds. The molecule has 1 unspecified atom stereocenters. The number of halogens is 3. The van der Waals surface area contributed by atoms with Crippen molar-refractivity contribution in [2.24, 2.45) is 0 Å². The molecule has 2 aromatic carbocycles. The molecule has 1 atom stereocenters. The summed E-state index contributed by atoms with van der Waals surface area (Å²) in [4.78, 5) is 0. The van der Waals surface area contributed by atoms with E-state index in [9.17, 15) is 0 Å². The molecule has 0 spiro atoms. The third-order valence-corrected chi connectivity index (χ3v) is 10.6. The van der Waals surface area contributed by atoms with E-state index in [-0.39, 0.29) is 58.9 Å². The molecule has 0 nitrogen and oxygen atoms in total. The topological polar surface area (TPSA) is 0 Å². The molecule has 2 aromatic rings. The summed E-state index contributed by atoms with van der Waals surface area (Å²) in [5, 5.41) is 1.63. The van der Waals surface area contributed by atoms with Gasteiger partial charge in [-0.1, -0.05) is 113 Å². The zero-order valence-electron chi connectivity index (χ0n) is 21.4. The van der Waals surface area contributed by atoms with E-state index < -0.39 is 8.07 Å². The van der Waals surface area contributed by atoms with E-state index in [0.29, 0.717) is 5.54 Å². The molecule has 186 valence electrons. The number of rotatable bonds is 12. The molecule has 0 aliphatic heterocycles. The minimum atomic E-state index is -1.71. The number of hydrogen-bond donors (Lipinski definition) is 0. The van der Waals surface area contributed by atoms with Crippen molar-refractivity contribution in [3.8, 4) is 0 Å². The van der Waals surface area contributed by atoms with Crippen molar-refractivity contribution in [3.05, 3.63) is 70.8 Å². The Morgan fingerprint density at radius 2 is 1.26 bits per heavy atom. The number of hydrogen-bond acceptors (Lipinski definition) is 0. The standard InChI is InChI=1S/C29H41Si.3ClH.Ti/c1-5-7-9-11-15-24-21-25(16-12-10-8-6-2)23-27(22-24)30(3,4)29-20-19-26-17-13-14-18-28(26)29;;;;/h13-14,17-19,21-23,29H,5-12,15-16H2,1-4H3;3*1H;/q-1;;;;+4/p-3. The average Bonchev–Trinajstić information content (AvgIpc) is 3.19. The van der Waals surface area contributed by atoms with Crippen LogP contribution in [0.1, 0.15) is 93.0 Å². The Bertz CT molecular complexity index is 821. The molecular formula is C29H41Cl3SiTi. The van der Waals surface area contributed by atoms with Crippen LogP contribution in [0.15, 0.2) is 42.5 Å². The second kappa shape index (κ2) is 18.3. The van der Waals surface area contributed by atoms with E-state index in [1.54, 1.807) is 16.3 Å². The molecule has 1 aliphatic carbocycles. The fraction of sp³-hybridized carbons (Fsp3) is 0.517. The van der Waals surface area contributed by atoms with E-state index in [2.05, 4.69) is 81.6 Å². The SMILES string of the molecule is CCCCCCc1cc(CCCCCC)cc([Si](C)(C)C2[C-]=Cc3ccccc32)c1.[Cl-].[Cl-].[Cl-].[Ti+4]. The van der Waals surface area contributed by atoms with Gasteiger partial charge < -0.3 is 37.2 Å². The number of fused-ring (bicyclic) bond motifs is 1. The fourth-order valence-electron chi connectivity index (χ4n) is 4.87. The summed E-state index contributed by atoms with van der Waals surface area (Å²) in [6.07, 6.45) is 19.2. The Morgan fingerprint density at radius 1 is 0.735 bits per heavy atom. The maximum atomic E-state index is 3.76. The van der Waals surface area contributed by atoms with Gasteiger partial charge in [-0.3, -0.25) is 6.08 Å². The summed E-state index contributed by atoms with van der Waals surface area (Å²) in [6, 6.07) is 16.6. The minimum absolute atomic E-state index is 0. The van der Waals surface area contributed by atoms with Crippen LogP contribution in [0.3, 0.4) is 0 Å². The maximum Gasteiger partial charge on any atom is 4.00 e. The third kappa shape index (κ3) is 9.80. The van der Waals surface area contributed by atoms with Gasteiger partial charge in [0, 0.05) is 0 Å². The molecule has 0 N–H and O–H groups in total. The molecule has 3 rings (SSSR count). The summed E-state index contributed by atoms with van der Waals surface area (Å²) in [7, 11) is -1.71. The van der Waals surface area contributed by atoms with Crippen LogP contribution < -0.4 is 42.4 Å². The van der Waals surface area contributed by atoms with Crippen molar-refractivity contribution >= 4 is 19.3 Å². The molecule has 0 heterocycles. The quantitative estimate of drug-likeness (QED) is 0.174. The van der Waals surface area contributed by atoms with E-state index in [4.69, 9.17) is 0 Å². The average molecular weight is 572 g/mol. The van der Waals surface area contributed by atoms with Gasteiger partial charge in [0.15, 0.2) is 0 Å². The first-order valence-corrected chi connectivity index (χ1v) is 15.5. The van der Waals surface area contributed by atoms with Gasteiger partial charge in [-0.2, -0.15) is 5.56 Å². The monoisotopic (exact) mass is 570 g/mol. The first-order chi connectivity index (χ1) is 14.6. The van der Waals surface area contributed by atoms with Gasteiger partial charge in [-0.05, 0) is 36.8 Å². The van der Waals surface area contributed by atoms with Crippen LogP contribution in [0, 0.1) is 6.08 Å². The summed E-state index contributed by atoms with van der Waals surface area (Å²) in [5.74, 6) is 0. The molecule has 0 aromatic heterocycles. The van der Waals surface area contributed by atoms with Gasteiger partial charge in [-0.25, -0.2) is 6.08 Å². The Balaban J connectivity index is 0. The number of aryl methyl sites for hydroxylation is 2. The Labute approximate surface area is 244 Å². The van der Waals surface area contributed by atoms with Crippen LogP contribution >= 0.6 is 0 Å². The summed E-state index contributed by atoms with van der Waals surface area (Å²) in [5.41, 5.74) is 6.48. The number of unbranched alkanes of at least 4 members (excludes halogenated alkanes) is 6. The van der Waals surface area contributed by atoms with Gasteiger partial charge in [-0.15, -0.1) is 11.6 Å². The van der Waals surface area contributed by atoms with Gasteiger partial charge in [0.1, 0.15) is 0 Å². The molecule has 1 aliphatic rings. The van der Waals surface area contributed by atoms with E-state index in [1.165, 1.54) is 75.3 Å². The second-order valence-electron chi connectivity index (χ2n) is 9.75. The Hall–Kier alpha value is -0.0188. The van der Waals surface area contributed by atoms with Crippen LogP contribution in [0.2, 0.25) is 13.1 Å². The largest absolute Gasteiger partial charge is 4.00 e. The van der Waals surface area contributed by atoms with Crippen LogP contribution in [0.5, 0.6) is 0 Å². The predicted octanol–water partition coefficient (Wildman–Crippen LogP) is -0.990. The molecule has 0 radical (unpaired) electrons. The zero-order valence-corrected chi connectivity index (χ0v) is 26.2. The predicted molar refractivity (Wildman–Crippen MR) is 136 cm³/mol. The summed E-state index contributed by atoms with van der Waals surface area (Å²) < 4.78 is 0. The molecule has 34 heavy (non-hydrogen) atoms. The fourth-order valence-corrected chi connectivity index (χ4v) is 7.86. The van der Waals surface area contributed by atoms with Crippen LogP contribution in [-0.2, 0) is 34.6 Å². The van der Waals surface area contributed by atoms with Crippen LogP contribution in [-0.4, -0.2) is 8.07 Å². The molecule has 5 heteroatoms. The smallest absolute Gasteiger partial charge is 1.00 e. The maximum absolute atomic E-state index is 3.76. The van der Waals surface area contributed by atoms with Crippen molar-refractivity contribution in [3.63, 3.8) is 0 Å². The van der Waals surface area contributed by atoms with E-state index in [1.807, 2.05) is 0 Å². The first kappa shape index (κ1) is 36.1. The van der Waals surface area contributed by atoms with Crippen molar-refractivity contribution in [1.82, 2.24) is 0 Å². The molecule has 0 saturated heterocycles. The summed E-state index contributed by atoms with van der Waals surface area (Å²) in [6.45, 7) is 9.70. The van der Waals surface area contributed by atoms with E-state index in [0.717, 1.165) is 0 Å². The Morgan fingerprint density at radius 3 is 1.79 bits per heavy atom. The Kier molecular flexibility index (Phi) is 19.4. The molecule has 0 saturated carbocycles. The molecular weight excluding hydrogens is 531 g/mol. The zero-order chi connectivity index (χ0) is 21.4. The van der Waals surface area contributed by atoms with Gasteiger partial charge >= 0.3 is 21.7 Å². The van der Waals surface area contributed by atoms with Gasteiger partial charge in [0.2, 0.25) is 0 Å². The van der Waals surface area contributed by atoms with Crippen molar-refractivity contribution in [1.29, 1.82) is 0 Å². The van der Waals surface area contributed by atoms with Crippen LogP contribution in [0.4, 0.5) is 0 Å². The van der Waals surface area contributed by atoms with Crippen molar-refractivity contribution in [2.45, 2.75) is 96.7 Å². The number of allylic oxidation sites excluding steroid dienone is 1. The van der Waals surface area contributed by atoms with Crippen molar-refractivity contribution < 1.29 is 58.9 Å². The second-order valence-corrected chi connectivity index (χ2v) is 14.4. The molecule has 0 bridgehead atoms. The minimum Gasteiger partial charge on any atom is -1.00 e. The van der Waals surface area contributed by atoms with Gasteiger partial charge in [0.25, 0.3) is 0 Å². The van der Waals surface area contributed by atoms with Crippen molar-refractivity contribution in [2.75, 3.05) is 0 Å². The normalized spacial score (nSPS) is 13.7. The van der Waals surface area contributed by atoms with E-state index >= 15 is 0 Å². The number of benzene rings is 2. The first-order valence-electron chi connectivity index (χ1n) is 12.4.